The van der Waals surface area contributed by atoms with Gasteiger partial charge in [-0.05, 0) is 86.4 Å². The van der Waals surface area contributed by atoms with Gasteiger partial charge >= 0.3 is 0 Å². The molecule has 194 valence electrons. The molecule has 3 fully saturated rings. The van der Waals surface area contributed by atoms with Gasteiger partial charge < -0.3 is 25.6 Å². The Hall–Kier alpha value is -3.03. The minimum absolute atomic E-state index is 0.0290. The molecule has 1 spiro atoms. The normalized spacial score (nSPS) is 33.7. The molecule has 2 bridgehead atoms. The van der Waals surface area contributed by atoms with Gasteiger partial charge in [0.25, 0.3) is 0 Å². The van der Waals surface area contributed by atoms with Crippen molar-refractivity contribution in [3.63, 3.8) is 0 Å². The van der Waals surface area contributed by atoms with E-state index in [1.165, 1.54) is 18.4 Å². The Morgan fingerprint density at radius 3 is 2.86 bits per heavy atom. The van der Waals surface area contributed by atoms with Crippen molar-refractivity contribution in [3.8, 4) is 11.5 Å². The number of amides is 1. The molecule has 7 nitrogen and oxygen atoms in total. The Bertz CT molecular complexity index is 1310. The van der Waals surface area contributed by atoms with E-state index in [1.807, 2.05) is 37.4 Å². The van der Waals surface area contributed by atoms with Crippen LogP contribution < -0.4 is 10.5 Å². The molecule has 0 radical (unpaired) electrons. The van der Waals surface area contributed by atoms with Gasteiger partial charge in [0, 0.05) is 37.0 Å². The van der Waals surface area contributed by atoms with Gasteiger partial charge in [-0.3, -0.25) is 9.69 Å². The highest BCUT2D eigenvalue weighted by Crippen LogP contribution is 2.66. The summed E-state index contributed by atoms with van der Waals surface area (Å²) in [6.07, 6.45) is 8.31. The molecule has 1 amide bonds. The fourth-order valence-corrected chi connectivity index (χ4v) is 7.96. The molecule has 37 heavy (non-hydrogen) atoms. The lowest BCUT2D eigenvalue weighted by Crippen LogP contribution is -2.78. The van der Waals surface area contributed by atoms with E-state index in [0.29, 0.717) is 24.3 Å². The molecular weight excluding hydrogens is 466 g/mol. The van der Waals surface area contributed by atoms with Crippen LogP contribution in [0.25, 0.3) is 6.08 Å². The summed E-state index contributed by atoms with van der Waals surface area (Å²) in [6.45, 7) is 1.95. The number of nitrogens with two attached hydrogens (primary N) is 1. The van der Waals surface area contributed by atoms with Crippen molar-refractivity contribution >= 4 is 17.7 Å². The Morgan fingerprint density at radius 1 is 1.24 bits per heavy atom. The number of phenols is 1. The van der Waals surface area contributed by atoms with Crippen LogP contribution in [0.3, 0.4) is 0 Å². The third-order valence-electron chi connectivity index (χ3n) is 9.91. The van der Waals surface area contributed by atoms with Crippen LogP contribution in [-0.4, -0.2) is 69.8 Å². The molecular formula is C30H35N3O4. The molecule has 7 heteroatoms. The number of likely N-dealkylation sites (tertiary alicyclic amines) is 1. The number of carbonyl (C=O) groups is 1. The smallest absolute Gasteiger partial charge is 0.246 e. The first-order valence-electron chi connectivity index (χ1n) is 13.6. The maximum Gasteiger partial charge on any atom is 0.246 e. The molecule has 3 aliphatic carbocycles. The topological polar surface area (TPSA) is 99.3 Å². The average Bonchev–Trinajstić information content (AvgIpc) is 3.62. The quantitative estimate of drug-likeness (QED) is 0.430. The second-order valence-corrected chi connectivity index (χ2v) is 11.8. The average molecular weight is 502 g/mol. The number of aliphatic hydroxyl groups is 1. The molecule has 5 aliphatic rings. The molecule has 2 heterocycles. The Kier molecular flexibility index (Phi) is 4.99. The van der Waals surface area contributed by atoms with Gasteiger partial charge in [-0.1, -0.05) is 18.2 Å². The molecule has 2 aromatic carbocycles. The number of rotatable bonds is 5. The number of anilines is 1. The van der Waals surface area contributed by atoms with Crippen LogP contribution in [0.5, 0.6) is 11.5 Å². The monoisotopic (exact) mass is 501 g/mol. The fourth-order valence-electron chi connectivity index (χ4n) is 7.96. The molecule has 2 aromatic rings. The van der Waals surface area contributed by atoms with Crippen molar-refractivity contribution in [2.45, 2.75) is 67.7 Å². The molecule has 0 aromatic heterocycles. The van der Waals surface area contributed by atoms with E-state index >= 15 is 0 Å². The van der Waals surface area contributed by atoms with Crippen LogP contribution in [-0.2, 0) is 16.6 Å². The maximum absolute atomic E-state index is 13.4. The van der Waals surface area contributed by atoms with Gasteiger partial charge in [0.2, 0.25) is 5.91 Å². The van der Waals surface area contributed by atoms with Gasteiger partial charge in [-0.2, -0.15) is 0 Å². The number of benzene rings is 2. The zero-order valence-electron chi connectivity index (χ0n) is 21.3. The van der Waals surface area contributed by atoms with Crippen molar-refractivity contribution < 1.29 is 19.7 Å². The van der Waals surface area contributed by atoms with Crippen LogP contribution in [0.15, 0.2) is 42.5 Å². The lowest BCUT2D eigenvalue weighted by atomic mass is 9.48. The van der Waals surface area contributed by atoms with Crippen molar-refractivity contribution in [2.24, 2.45) is 5.92 Å². The molecule has 0 unspecified atom stereocenters. The van der Waals surface area contributed by atoms with Gasteiger partial charge in [0.05, 0.1) is 17.1 Å². The number of carbonyl (C=O) groups excluding carboxylic acids is 1. The summed E-state index contributed by atoms with van der Waals surface area (Å²) in [5, 5.41) is 23.4. The number of likely N-dealkylation sites (N-methyl/N-ethyl adjacent to an activating group) is 1. The summed E-state index contributed by atoms with van der Waals surface area (Å²) >= 11 is 0. The Balaban J connectivity index is 1.25. The van der Waals surface area contributed by atoms with Crippen molar-refractivity contribution in [1.82, 2.24) is 9.80 Å². The summed E-state index contributed by atoms with van der Waals surface area (Å²) in [5.74, 6) is 1.27. The number of hydrogen-bond donors (Lipinski definition) is 3. The Labute approximate surface area is 217 Å². The van der Waals surface area contributed by atoms with Crippen molar-refractivity contribution in [1.29, 1.82) is 0 Å². The van der Waals surface area contributed by atoms with Crippen molar-refractivity contribution in [2.75, 3.05) is 25.9 Å². The number of nitrogen functional groups attached to an aromatic ring is 1. The lowest BCUT2D eigenvalue weighted by molar-refractivity contribution is -0.200. The molecule has 1 saturated heterocycles. The largest absolute Gasteiger partial charge is 0.504 e. The minimum atomic E-state index is -0.950. The Morgan fingerprint density at radius 2 is 2.08 bits per heavy atom. The first-order valence-corrected chi connectivity index (χ1v) is 13.6. The molecule has 2 saturated carbocycles. The van der Waals surface area contributed by atoms with Gasteiger partial charge in [-0.25, -0.2) is 0 Å². The number of ether oxygens (including phenoxy) is 1. The maximum atomic E-state index is 13.4. The summed E-state index contributed by atoms with van der Waals surface area (Å²) < 4.78 is 6.60. The van der Waals surface area contributed by atoms with Gasteiger partial charge in [0.15, 0.2) is 11.5 Å². The van der Waals surface area contributed by atoms with Crippen LogP contribution >= 0.6 is 0 Å². The number of nitrogens with zero attached hydrogens (tertiary/aromatic N) is 2. The SMILES string of the molecule is CN(C(=O)/C=C/c1cccc(N)c1)[C@@H]1CC[C@@]2(O)[C@H]3Cc4ccc(O)c5c4[C@@]2(CCN3CC2CC2)[C@H]1O5. The molecule has 4 N–H and O–H groups in total. The zero-order valence-corrected chi connectivity index (χ0v) is 21.3. The van der Waals surface area contributed by atoms with E-state index in [4.69, 9.17) is 10.5 Å². The molecule has 5 atom stereocenters. The summed E-state index contributed by atoms with van der Waals surface area (Å²) in [5.41, 5.74) is 7.99. The number of phenolic OH excluding ortho intramolecular Hbond substituents is 1. The van der Waals surface area contributed by atoms with Crippen molar-refractivity contribution in [3.05, 3.63) is 59.2 Å². The van der Waals surface area contributed by atoms with Gasteiger partial charge in [0.1, 0.15) is 6.10 Å². The van der Waals surface area contributed by atoms with E-state index in [2.05, 4.69) is 4.90 Å². The second-order valence-electron chi connectivity index (χ2n) is 11.8. The van der Waals surface area contributed by atoms with Crippen LogP contribution in [0.2, 0.25) is 0 Å². The molecule has 7 rings (SSSR count). The summed E-state index contributed by atoms with van der Waals surface area (Å²) in [4.78, 5) is 17.6. The summed E-state index contributed by atoms with van der Waals surface area (Å²) in [6, 6.07) is 11.0. The zero-order chi connectivity index (χ0) is 25.5. The second kappa shape index (κ2) is 7.98. The first kappa shape index (κ1) is 23.1. The highest BCUT2D eigenvalue weighted by atomic mass is 16.5. The van der Waals surface area contributed by atoms with Crippen LogP contribution in [0.1, 0.15) is 48.8 Å². The van der Waals surface area contributed by atoms with E-state index in [9.17, 15) is 15.0 Å². The standard InChI is InChI=1S/C30H35N3O4/c1-32(25(35)10-7-18-3-2-4-21(31)15-18)22-11-12-30(36)24-16-20-8-9-23(34)27-26(20)29(30,28(22)37-27)13-14-33(24)17-19-5-6-19/h2-4,7-10,15,19,22,24,28,34,36H,5-6,11-14,16-17,31H2,1H3/b10-7+/t22-,24-,28+,29+,30-/m1/s1. The van der Waals surface area contributed by atoms with Gasteiger partial charge in [-0.15, -0.1) is 0 Å². The third kappa shape index (κ3) is 3.23. The highest BCUT2D eigenvalue weighted by Gasteiger charge is 2.73. The van der Waals surface area contributed by atoms with Crippen LogP contribution in [0.4, 0.5) is 5.69 Å². The summed E-state index contributed by atoms with van der Waals surface area (Å²) in [7, 11) is 1.83. The van der Waals surface area contributed by atoms with E-state index in [1.54, 1.807) is 23.1 Å². The minimum Gasteiger partial charge on any atom is -0.504 e. The van der Waals surface area contributed by atoms with E-state index < -0.39 is 17.1 Å². The van der Waals surface area contributed by atoms with E-state index in [0.717, 1.165) is 43.0 Å². The number of hydrogen-bond acceptors (Lipinski definition) is 6. The van der Waals surface area contributed by atoms with E-state index in [-0.39, 0.29) is 23.7 Å². The predicted molar refractivity (Wildman–Crippen MR) is 141 cm³/mol. The first-order chi connectivity index (χ1) is 17.8. The third-order valence-corrected chi connectivity index (χ3v) is 9.91. The number of piperidine rings is 1. The number of aromatic hydroxyl groups is 1. The lowest BCUT2D eigenvalue weighted by Gasteiger charge is -2.64. The fraction of sp³-hybridized carbons (Fsp3) is 0.500. The highest BCUT2D eigenvalue weighted by molar-refractivity contribution is 5.92. The predicted octanol–water partition coefficient (Wildman–Crippen LogP) is 3.08. The molecule has 2 aliphatic heterocycles. The van der Waals surface area contributed by atoms with Crippen LogP contribution in [0, 0.1) is 5.92 Å².